The first kappa shape index (κ1) is 38.5. The summed E-state index contributed by atoms with van der Waals surface area (Å²) in [6.07, 6.45) is 2.75. The number of anilines is 1. The number of nitrogens with one attached hydrogen (secondary N) is 2. The molecule has 7 rings (SSSR count). The largest absolute Gasteiger partial charge is 0.496 e. The molecule has 2 aromatic rings. The van der Waals surface area contributed by atoms with Crippen molar-refractivity contribution in [2.24, 2.45) is 29.1 Å². The van der Waals surface area contributed by atoms with E-state index in [-0.39, 0.29) is 36.4 Å². The van der Waals surface area contributed by atoms with Gasteiger partial charge in [0.2, 0.25) is 5.91 Å². The number of likely N-dealkylation sites (N-methyl/N-ethyl adjacent to an activating group) is 1. The van der Waals surface area contributed by atoms with Crippen molar-refractivity contribution in [1.29, 1.82) is 0 Å². The summed E-state index contributed by atoms with van der Waals surface area (Å²) in [5, 5.41) is 29.4. The number of carbonyl (C=O) groups is 2. The average Bonchev–Trinajstić information content (AvgIpc) is 3.75. The minimum atomic E-state index is -0.890. The smallest absolute Gasteiger partial charge is 0.251 e. The maximum absolute atomic E-state index is 14.2. The molecular formula is C41H61N5O6. The molecule has 4 N–H and O–H groups in total. The fraction of sp³-hybridized carbons (Fsp3) is 0.659. The van der Waals surface area contributed by atoms with Gasteiger partial charge in [0.1, 0.15) is 17.9 Å². The predicted molar refractivity (Wildman–Crippen MR) is 203 cm³/mol. The molecule has 9 atom stereocenters. The highest BCUT2D eigenvalue weighted by Gasteiger charge is 2.57. The number of amides is 2. The molecule has 3 saturated carbocycles. The first-order chi connectivity index (χ1) is 24.8. The zero-order valence-electron chi connectivity index (χ0n) is 32.4. The fourth-order valence-electron chi connectivity index (χ4n) is 9.84. The van der Waals surface area contributed by atoms with Gasteiger partial charge in [0, 0.05) is 61.0 Å². The number of likely N-dealkylation sites (tertiary alicyclic amines) is 1. The third-order valence-corrected chi connectivity index (χ3v) is 13.1. The summed E-state index contributed by atoms with van der Waals surface area (Å²) in [4.78, 5) is 38.5. The Morgan fingerprint density at radius 2 is 1.94 bits per heavy atom. The van der Waals surface area contributed by atoms with Gasteiger partial charge in [-0.2, -0.15) is 5.06 Å². The average molecular weight is 720 g/mol. The number of benzene rings is 2. The number of aliphatic hydroxyl groups excluding tert-OH is 2. The molecule has 11 heteroatoms. The molecule has 52 heavy (non-hydrogen) atoms. The summed E-state index contributed by atoms with van der Waals surface area (Å²) in [6.45, 7) is 13.3. The van der Waals surface area contributed by atoms with Crippen LogP contribution in [0.2, 0.25) is 0 Å². The zero-order chi connectivity index (χ0) is 37.5. The molecule has 2 amide bonds. The van der Waals surface area contributed by atoms with Gasteiger partial charge in [-0.25, -0.2) is 0 Å². The Morgan fingerprint density at radius 1 is 1.17 bits per heavy atom. The number of methoxy groups -OCH3 is 1. The second-order valence-corrected chi connectivity index (χ2v) is 16.5. The maximum atomic E-state index is 14.2. The van der Waals surface area contributed by atoms with Crippen LogP contribution in [0.4, 0.5) is 5.69 Å². The molecule has 2 heterocycles. The fourth-order valence-corrected chi connectivity index (χ4v) is 9.84. The van der Waals surface area contributed by atoms with Crippen LogP contribution in [0.5, 0.6) is 5.75 Å². The molecule has 3 aliphatic carbocycles. The van der Waals surface area contributed by atoms with Crippen molar-refractivity contribution < 1.29 is 29.4 Å². The van der Waals surface area contributed by atoms with Gasteiger partial charge in [0.25, 0.3) is 5.91 Å². The van der Waals surface area contributed by atoms with Crippen LogP contribution in [-0.4, -0.2) is 110 Å². The van der Waals surface area contributed by atoms with E-state index in [9.17, 15) is 19.8 Å². The first-order valence-corrected chi connectivity index (χ1v) is 19.3. The van der Waals surface area contributed by atoms with Gasteiger partial charge in [-0.05, 0) is 92.6 Å². The number of rotatable bonds is 13. The highest BCUT2D eigenvalue weighted by molar-refractivity contribution is 5.97. The molecule has 2 saturated heterocycles. The zero-order valence-corrected chi connectivity index (χ0v) is 32.4. The molecule has 0 unspecified atom stereocenters. The molecule has 2 bridgehead atoms. The van der Waals surface area contributed by atoms with Crippen LogP contribution < -0.4 is 20.3 Å². The van der Waals surface area contributed by atoms with Crippen molar-refractivity contribution in [3.05, 3.63) is 47.5 Å². The summed E-state index contributed by atoms with van der Waals surface area (Å²) in [7, 11) is 5.53. The van der Waals surface area contributed by atoms with Crippen molar-refractivity contribution >= 4 is 17.5 Å². The lowest BCUT2D eigenvalue weighted by atomic mass is 9.45. The molecule has 0 spiro atoms. The van der Waals surface area contributed by atoms with Crippen LogP contribution in [0.15, 0.2) is 36.4 Å². The predicted octanol–water partition coefficient (Wildman–Crippen LogP) is 4.30. The molecule has 2 aromatic carbocycles. The quantitative estimate of drug-likeness (QED) is 0.240. The normalized spacial score (nSPS) is 30.4. The number of nitrogens with zero attached hydrogens (tertiary/aromatic N) is 3. The summed E-state index contributed by atoms with van der Waals surface area (Å²) in [5.74, 6) is 1.15. The standard InChI is InChI=1S/C41H61N5O6/c1-9-45-15-11-13-30(45)21-42-39(49)28-16-27(17-31(18-28)44(6)7)32-14-10-12-26(38(32)51-8)22-46-37(36(25(3)48)35(23-47)52-46)40(50)43-34-20-29-19-33(24(34)2)41(29,4)5/h10,12,14,16-18,24-25,29-30,33-37,47-48H,9,11,13,15,19-23H2,1-8H3,(H,42,49)(H,43,50)/t24-,25-,29+,30-,33+,34-,35-,36+,37-/m0/s1. The van der Waals surface area contributed by atoms with Gasteiger partial charge >= 0.3 is 0 Å². The second kappa shape index (κ2) is 15.6. The minimum Gasteiger partial charge on any atom is -0.496 e. The Hall–Kier alpha value is -3.22. The van der Waals surface area contributed by atoms with E-state index in [0.29, 0.717) is 41.7 Å². The highest BCUT2D eigenvalue weighted by Crippen LogP contribution is 2.61. The maximum Gasteiger partial charge on any atom is 0.251 e. The highest BCUT2D eigenvalue weighted by atomic mass is 16.7. The number of hydroxylamine groups is 2. The number of carbonyl (C=O) groups excluding carboxylic acids is 2. The number of fused-ring (bicyclic) bond motifs is 2. The van der Waals surface area contributed by atoms with Crippen LogP contribution in [0, 0.1) is 29.1 Å². The van der Waals surface area contributed by atoms with E-state index in [0.717, 1.165) is 54.7 Å². The Labute approximate surface area is 310 Å². The van der Waals surface area contributed by atoms with E-state index in [1.54, 1.807) is 19.1 Å². The third kappa shape index (κ3) is 7.31. The minimum absolute atomic E-state index is 0.0472. The van der Waals surface area contributed by atoms with Crippen molar-refractivity contribution in [1.82, 2.24) is 20.6 Å². The Balaban J connectivity index is 1.27. The van der Waals surface area contributed by atoms with Crippen LogP contribution >= 0.6 is 0 Å². The lowest BCUT2D eigenvalue weighted by Gasteiger charge is -2.62. The molecular weight excluding hydrogens is 658 g/mol. The first-order valence-electron chi connectivity index (χ1n) is 19.3. The molecule has 11 nitrogen and oxygen atoms in total. The topological polar surface area (TPSA) is 127 Å². The summed E-state index contributed by atoms with van der Waals surface area (Å²) in [6, 6.07) is 11.3. The summed E-state index contributed by atoms with van der Waals surface area (Å²) < 4.78 is 6.07. The Kier molecular flexibility index (Phi) is 11.6. The number of para-hydroxylation sites is 1. The van der Waals surface area contributed by atoms with Crippen LogP contribution in [0.3, 0.4) is 0 Å². The summed E-state index contributed by atoms with van der Waals surface area (Å²) in [5.41, 5.74) is 4.14. The molecule has 2 aliphatic heterocycles. The van der Waals surface area contributed by atoms with Gasteiger partial charge < -0.3 is 30.5 Å². The lowest BCUT2D eigenvalue weighted by Crippen LogP contribution is -2.62. The van der Waals surface area contributed by atoms with Gasteiger partial charge in [0.15, 0.2) is 0 Å². The van der Waals surface area contributed by atoms with Gasteiger partial charge in [0.05, 0.1) is 26.4 Å². The number of ether oxygens (including phenoxy) is 1. The van der Waals surface area contributed by atoms with Gasteiger partial charge in [-0.1, -0.05) is 45.9 Å². The Morgan fingerprint density at radius 3 is 2.58 bits per heavy atom. The summed E-state index contributed by atoms with van der Waals surface area (Å²) >= 11 is 0. The molecule has 0 aromatic heterocycles. The van der Waals surface area contributed by atoms with E-state index < -0.39 is 24.2 Å². The SMILES string of the molecule is CCN1CCC[C@H]1CNC(=O)c1cc(-c2cccc(CN3O[C@@H](CO)[C@@H]([C@H](C)O)[C@H]3C(=O)N[C@H]3C[C@H]4C[C@H]([C@@H]3C)C4(C)C)c2OC)cc(N(C)C)c1. The van der Waals surface area contributed by atoms with Crippen molar-refractivity contribution in [2.75, 3.05) is 52.3 Å². The van der Waals surface area contributed by atoms with Crippen molar-refractivity contribution in [3.63, 3.8) is 0 Å². The van der Waals surface area contributed by atoms with Crippen LogP contribution in [0.25, 0.3) is 11.1 Å². The van der Waals surface area contributed by atoms with Crippen LogP contribution in [0.1, 0.15) is 76.2 Å². The molecule has 0 radical (unpaired) electrons. The Bertz CT molecular complexity index is 1600. The molecule has 5 aliphatic rings. The third-order valence-electron chi connectivity index (χ3n) is 13.1. The van der Waals surface area contributed by atoms with E-state index >= 15 is 0 Å². The number of hydrogen-bond donors (Lipinski definition) is 4. The molecule has 286 valence electrons. The van der Waals surface area contributed by atoms with E-state index in [2.05, 4.69) is 43.2 Å². The van der Waals surface area contributed by atoms with Crippen LogP contribution in [-0.2, 0) is 16.2 Å². The van der Waals surface area contributed by atoms with Crippen molar-refractivity contribution in [3.8, 4) is 16.9 Å². The van der Waals surface area contributed by atoms with Gasteiger partial charge in [-0.3, -0.25) is 19.3 Å². The monoisotopic (exact) mass is 719 g/mol. The van der Waals surface area contributed by atoms with Crippen molar-refractivity contribution in [2.45, 2.75) is 97.2 Å². The lowest BCUT2D eigenvalue weighted by molar-refractivity contribution is -0.183. The second-order valence-electron chi connectivity index (χ2n) is 16.5. The molecule has 5 fully saturated rings. The number of aliphatic hydroxyl groups is 2. The van der Waals surface area contributed by atoms with Gasteiger partial charge in [-0.15, -0.1) is 0 Å². The van der Waals surface area contributed by atoms with E-state index in [4.69, 9.17) is 9.57 Å². The number of hydrogen-bond acceptors (Lipinski definition) is 9. The van der Waals surface area contributed by atoms with E-state index in [1.165, 1.54) is 6.42 Å². The van der Waals surface area contributed by atoms with E-state index in [1.807, 2.05) is 55.4 Å².